The van der Waals surface area contributed by atoms with E-state index in [0.29, 0.717) is 0 Å². The van der Waals surface area contributed by atoms with Gasteiger partial charge in [0, 0.05) is 18.5 Å². The Kier molecular flexibility index (Phi) is 5.08. The summed E-state index contributed by atoms with van der Waals surface area (Å²) in [6, 6.07) is 3.80. The number of hydrogen-bond donors (Lipinski definition) is 1. The number of thioether (sulfide) groups is 1. The number of nitrogens with zero attached hydrogens (tertiary/aromatic N) is 2. The first-order valence-corrected chi connectivity index (χ1v) is 5.99. The summed E-state index contributed by atoms with van der Waals surface area (Å²) >= 11 is 1.72. The largest absolute Gasteiger partial charge is 0.389 e. The fourth-order valence-corrected chi connectivity index (χ4v) is 2.12. The lowest BCUT2D eigenvalue weighted by molar-refractivity contribution is 0.199. The molecular weight excluding hydrogens is 208 g/mol. The molecule has 0 aliphatic heterocycles. The highest BCUT2D eigenvalue weighted by Crippen LogP contribution is 2.19. The van der Waals surface area contributed by atoms with Crippen LogP contribution in [0.3, 0.4) is 0 Å². The van der Waals surface area contributed by atoms with Gasteiger partial charge in [-0.2, -0.15) is 0 Å². The van der Waals surface area contributed by atoms with E-state index in [-0.39, 0.29) is 0 Å². The van der Waals surface area contributed by atoms with Gasteiger partial charge in [0.15, 0.2) is 0 Å². The van der Waals surface area contributed by atoms with E-state index in [1.165, 1.54) is 0 Å². The van der Waals surface area contributed by atoms with Crippen molar-refractivity contribution in [3.05, 3.63) is 23.9 Å². The van der Waals surface area contributed by atoms with Crippen LogP contribution in [0.4, 0.5) is 0 Å². The van der Waals surface area contributed by atoms with Gasteiger partial charge in [0.2, 0.25) is 0 Å². The maximum atomic E-state index is 9.42. The topological polar surface area (TPSA) is 36.4 Å². The van der Waals surface area contributed by atoms with Gasteiger partial charge in [0.1, 0.15) is 0 Å². The number of rotatable bonds is 5. The second-order valence-electron chi connectivity index (χ2n) is 3.76. The van der Waals surface area contributed by atoms with Crippen molar-refractivity contribution in [1.82, 2.24) is 9.88 Å². The number of aliphatic hydroxyl groups is 1. The van der Waals surface area contributed by atoms with Crippen molar-refractivity contribution in [3.8, 4) is 0 Å². The molecule has 0 amide bonds. The standard InChI is InChI=1S/C11H18N2OS/c1-9(14)10-4-5-12-11(8-10)15-7-6-13(2)3/h4-5,8-9,14H,6-7H2,1-3H3/t9-/m1/s1. The van der Waals surface area contributed by atoms with Crippen molar-refractivity contribution in [2.45, 2.75) is 18.1 Å². The van der Waals surface area contributed by atoms with Gasteiger partial charge in [-0.25, -0.2) is 4.98 Å². The van der Waals surface area contributed by atoms with Crippen LogP contribution in [0.15, 0.2) is 23.4 Å². The molecule has 0 saturated carbocycles. The molecule has 1 aromatic heterocycles. The van der Waals surface area contributed by atoms with Crippen LogP contribution in [0.1, 0.15) is 18.6 Å². The maximum Gasteiger partial charge on any atom is 0.0963 e. The highest BCUT2D eigenvalue weighted by atomic mass is 32.2. The number of hydrogen-bond acceptors (Lipinski definition) is 4. The predicted octanol–water partition coefficient (Wildman–Crippen LogP) is 1.79. The summed E-state index contributed by atoms with van der Waals surface area (Å²) in [6.45, 7) is 2.80. The fourth-order valence-electron chi connectivity index (χ4n) is 1.10. The van der Waals surface area contributed by atoms with E-state index in [2.05, 4.69) is 24.0 Å². The van der Waals surface area contributed by atoms with Gasteiger partial charge in [0.25, 0.3) is 0 Å². The average Bonchev–Trinajstić information content (AvgIpc) is 2.17. The molecule has 0 aromatic carbocycles. The van der Waals surface area contributed by atoms with E-state index >= 15 is 0 Å². The first kappa shape index (κ1) is 12.5. The van der Waals surface area contributed by atoms with Gasteiger partial charge >= 0.3 is 0 Å². The predicted molar refractivity (Wildman–Crippen MR) is 64.1 cm³/mol. The van der Waals surface area contributed by atoms with Gasteiger partial charge in [0.05, 0.1) is 11.1 Å². The SMILES string of the molecule is C[C@@H](O)c1ccnc(SCCN(C)C)c1. The molecule has 0 aliphatic rings. The van der Waals surface area contributed by atoms with Crippen molar-refractivity contribution in [2.24, 2.45) is 0 Å². The van der Waals surface area contributed by atoms with Gasteiger partial charge in [-0.05, 0) is 38.7 Å². The first-order valence-electron chi connectivity index (χ1n) is 5.01. The third-order valence-electron chi connectivity index (χ3n) is 2.03. The summed E-state index contributed by atoms with van der Waals surface area (Å²) in [5, 5.41) is 10.4. The fraction of sp³-hybridized carbons (Fsp3) is 0.545. The third-order valence-corrected chi connectivity index (χ3v) is 2.94. The Morgan fingerprint density at radius 1 is 1.53 bits per heavy atom. The Morgan fingerprint density at radius 3 is 2.87 bits per heavy atom. The molecule has 0 spiro atoms. The maximum absolute atomic E-state index is 9.42. The Balaban J connectivity index is 2.50. The monoisotopic (exact) mass is 226 g/mol. The molecule has 0 radical (unpaired) electrons. The summed E-state index contributed by atoms with van der Waals surface area (Å²) in [6.07, 6.45) is 1.33. The highest BCUT2D eigenvalue weighted by molar-refractivity contribution is 7.99. The molecule has 0 bridgehead atoms. The van der Waals surface area contributed by atoms with Crippen LogP contribution in [0.2, 0.25) is 0 Å². The number of aromatic nitrogens is 1. The van der Waals surface area contributed by atoms with E-state index in [9.17, 15) is 5.11 Å². The molecule has 0 aliphatic carbocycles. The van der Waals surface area contributed by atoms with E-state index in [1.54, 1.807) is 24.9 Å². The molecule has 1 aromatic rings. The van der Waals surface area contributed by atoms with Gasteiger partial charge in [-0.1, -0.05) is 0 Å². The van der Waals surface area contributed by atoms with Crippen LogP contribution in [0.25, 0.3) is 0 Å². The van der Waals surface area contributed by atoms with Crippen molar-refractivity contribution >= 4 is 11.8 Å². The molecular formula is C11H18N2OS. The molecule has 4 heteroatoms. The average molecular weight is 226 g/mol. The minimum Gasteiger partial charge on any atom is -0.389 e. The second kappa shape index (κ2) is 6.10. The van der Waals surface area contributed by atoms with Gasteiger partial charge < -0.3 is 10.0 Å². The van der Waals surface area contributed by atoms with Gasteiger partial charge in [-0.3, -0.25) is 0 Å². The summed E-state index contributed by atoms with van der Waals surface area (Å²) in [5.41, 5.74) is 0.928. The molecule has 1 heterocycles. The smallest absolute Gasteiger partial charge is 0.0963 e. The van der Waals surface area contributed by atoms with Crippen molar-refractivity contribution in [3.63, 3.8) is 0 Å². The molecule has 1 N–H and O–H groups in total. The first-order chi connectivity index (χ1) is 7.09. The van der Waals surface area contributed by atoms with Crippen molar-refractivity contribution in [2.75, 3.05) is 26.4 Å². The Bertz CT molecular complexity index is 302. The third kappa shape index (κ3) is 4.64. The van der Waals surface area contributed by atoms with Crippen molar-refractivity contribution < 1.29 is 5.11 Å². The van der Waals surface area contributed by atoms with Crippen LogP contribution < -0.4 is 0 Å². The molecule has 0 unspecified atom stereocenters. The van der Waals surface area contributed by atoms with Crippen LogP contribution in [0.5, 0.6) is 0 Å². The Labute approximate surface area is 95.5 Å². The molecule has 84 valence electrons. The number of pyridine rings is 1. The lowest BCUT2D eigenvalue weighted by atomic mass is 10.2. The zero-order chi connectivity index (χ0) is 11.3. The highest BCUT2D eigenvalue weighted by Gasteiger charge is 2.03. The minimum absolute atomic E-state index is 0.416. The minimum atomic E-state index is -0.416. The molecule has 1 rings (SSSR count). The molecule has 0 saturated heterocycles. The molecule has 1 atom stereocenters. The summed E-state index contributed by atoms with van der Waals surface area (Å²) in [5.74, 6) is 1.02. The normalized spacial score (nSPS) is 13.1. The van der Waals surface area contributed by atoms with Gasteiger partial charge in [-0.15, -0.1) is 11.8 Å². The second-order valence-corrected chi connectivity index (χ2v) is 4.87. The summed E-state index contributed by atoms with van der Waals surface area (Å²) in [7, 11) is 4.11. The lowest BCUT2D eigenvalue weighted by Crippen LogP contribution is -2.14. The molecule has 15 heavy (non-hydrogen) atoms. The summed E-state index contributed by atoms with van der Waals surface area (Å²) < 4.78 is 0. The number of aliphatic hydroxyl groups excluding tert-OH is 1. The van der Waals surface area contributed by atoms with Crippen molar-refractivity contribution in [1.29, 1.82) is 0 Å². The van der Waals surface area contributed by atoms with Crippen LogP contribution >= 0.6 is 11.8 Å². The van der Waals surface area contributed by atoms with Crippen LogP contribution in [-0.4, -0.2) is 41.4 Å². The quantitative estimate of drug-likeness (QED) is 0.777. The molecule has 3 nitrogen and oxygen atoms in total. The van der Waals surface area contributed by atoms with Crippen LogP contribution in [0, 0.1) is 0 Å². The van der Waals surface area contributed by atoms with E-state index < -0.39 is 6.10 Å². The van der Waals surface area contributed by atoms with E-state index in [1.807, 2.05) is 12.1 Å². The Morgan fingerprint density at radius 2 is 2.27 bits per heavy atom. The van der Waals surface area contributed by atoms with E-state index in [0.717, 1.165) is 22.9 Å². The molecule has 0 fully saturated rings. The van der Waals surface area contributed by atoms with Crippen LogP contribution in [-0.2, 0) is 0 Å². The lowest BCUT2D eigenvalue weighted by Gasteiger charge is -2.09. The zero-order valence-electron chi connectivity index (χ0n) is 9.47. The Hall–Kier alpha value is -0.580. The summed E-state index contributed by atoms with van der Waals surface area (Å²) in [4.78, 5) is 6.40. The zero-order valence-corrected chi connectivity index (χ0v) is 10.3. The van der Waals surface area contributed by atoms with E-state index in [4.69, 9.17) is 0 Å².